The summed E-state index contributed by atoms with van der Waals surface area (Å²) < 4.78 is 34.9. The van der Waals surface area contributed by atoms with Crippen molar-refractivity contribution in [3.05, 3.63) is 125 Å². The number of methoxy groups -OCH3 is 1. The first-order chi connectivity index (χ1) is 17.5. The van der Waals surface area contributed by atoms with Gasteiger partial charge in [-0.2, -0.15) is 0 Å². The lowest BCUT2D eigenvalue weighted by atomic mass is 10.0. The van der Waals surface area contributed by atoms with Crippen LogP contribution in [0, 0.1) is 11.6 Å². The first-order valence-corrected chi connectivity index (χ1v) is 11.5. The zero-order chi connectivity index (χ0) is 25.5. The van der Waals surface area contributed by atoms with Crippen LogP contribution < -0.4 is 4.74 Å². The Balaban J connectivity index is 0.000000375. The lowest BCUT2D eigenvalue weighted by Crippen LogP contribution is -2.02. The second-order valence-corrected chi connectivity index (χ2v) is 8.10. The van der Waals surface area contributed by atoms with Crippen LogP contribution in [0.15, 0.2) is 102 Å². The Morgan fingerprint density at radius 3 is 2.36 bits per heavy atom. The standard InChI is InChI=1S/C23H16F2N2O2.C4H3BrN2/c1-29-23-19(9-4-10-20(23)25)15-5-3-8-18(12-15)27-13-21(26-14-27)22(28)16-6-2-7-17(24)11-16;5-4-6-2-1-3-7-4/h2-14H,1H3;1-3H. The van der Waals surface area contributed by atoms with Gasteiger partial charge in [0.1, 0.15) is 17.8 Å². The minimum Gasteiger partial charge on any atom is -0.493 e. The summed E-state index contributed by atoms with van der Waals surface area (Å²) in [5.41, 5.74) is 2.54. The van der Waals surface area contributed by atoms with Crippen LogP contribution in [0.3, 0.4) is 0 Å². The molecule has 0 fully saturated rings. The van der Waals surface area contributed by atoms with E-state index in [4.69, 9.17) is 4.74 Å². The van der Waals surface area contributed by atoms with E-state index in [1.165, 1.54) is 37.7 Å². The largest absolute Gasteiger partial charge is 0.493 e. The van der Waals surface area contributed by atoms with Crippen molar-refractivity contribution in [3.8, 4) is 22.6 Å². The lowest BCUT2D eigenvalue weighted by molar-refractivity contribution is 0.103. The summed E-state index contributed by atoms with van der Waals surface area (Å²) in [6.07, 6.45) is 6.44. The quantitative estimate of drug-likeness (QED) is 0.190. The van der Waals surface area contributed by atoms with Crippen LogP contribution in [-0.4, -0.2) is 32.4 Å². The number of para-hydroxylation sites is 1. The first kappa shape index (κ1) is 24.9. The Hall–Kier alpha value is -4.24. The van der Waals surface area contributed by atoms with E-state index in [9.17, 15) is 13.6 Å². The second kappa shape index (κ2) is 11.5. The minimum absolute atomic E-state index is 0.164. The van der Waals surface area contributed by atoms with E-state index in [1.807, 2.05) is 24.3 Å². The van der Waals surface area contributed by atoms with Gasteiger partial charge in [-0.3, -0.25) is 4.79 Å². The van der Waals surface area contributed by atoms with Crippen LogP contribution in [0.5, 0.6) is 5.75 Å². The monoisotopic (exact) mass is 548 g/mol. The molecular formula is C27H19BrF2N4O2. The van der Waals surface area contributed by atoms with Gasteiger partial charge in [-0.1, -0.05) is 36.4 Å². The number of carbonyl (C=O) groups excluding carboxylic acids is 1. The molecule has 180 valence electrons. The van der Waals surface area contributed by atoms with E-state index < -0.39 is 11.6 Å². The Bertz CT molecular complexity index is 1490. The van der Waals surface area contributed by atoms with Crippen LogP contribution in [0.1, 0.15) is 16.1 Å². The van der Waals surface area contributed by atoms with Crippen molar-refractivity contribution in [2.75, 3.05) is 7.11 Å². The predicted octanol–water partition coefficient (Wildman–Crippen LogP) is 6.30. The third kappa shape index (κ3) is 5.87. The number of carbonyl (C=O) groups is 1. The number of ketones is 1. The molecule has 9 heteroatoms. The number of rotatable bonds is 5. The van der Waals surface area contributed by atoms with Crippen LogP contribution in [-0.2, 0) is 0 Å². The summed E-state index contributed by atoms with van der Waals surface area (Å²) in [5, 5.41) is 0. The fourth-order valence-electron chi connectivity index (χ4n) is 3.42. The van der Waals surface area contributed by atoms with Gasteiger partial charge in [0, 0.05) is 35.4 Å². The number of ether oxygens (including phenoxy) is 1. The van der Waals surface area contributed by atoms with Gasteiger partial charge in [0.15, 0.2) is 16.3 Å². The molecule has 5 rings (SSSR count). The number of benzene rings is 3. The van der Waals surface area contributed by atoms with Crippen molar-refractivity contribution in [1.29, 1.82) is 0 Å². The third-order valence-corrected chi connectivity index (χ3v) is 5.47. The van der Waals surface area contributed by atoms with Gasteiger partial charge < -0.3 is 9.30 Å². The van der Waals surface area contributed by atoms with E-state index in [2.05, 4.69) is 30.9 Å². The van der Waals surface area contributed by atoms with Crippen molar-refractivity contribution in [2.45, 2.75) is 0 Å². The van der Waals surface area contributed by atoms with Gasteiger partial charge in [0.05, 0.1) is 7.11 Å². The highest BCUT2D eigenvalue weighted by molar-refractivity contribution is 9.10. The van der Waals surface area contributed by atoms with Crippen LogP contribution in [0.25, 0.3) is 16.8 Å². The van der Waals surface area contributed by atoms with Gasteiger partial charge in [-0.25, -0.2) is 23.7 Å². The average Bonchev–Trinajstić information content (AvgIpc) is 3.39. The maximum Gasteiger partial charge on any atom is 0.213 e. The molecular weight excluding hydrogens is 530 g/mol. The normalized spacial score (nSPS) is 10.3. The summed E-state index contributed by atoms with van der Waals surface area (Å²) in [5.74, 6) is -1.13. The molecule has 0 saturated carbocycles. The van der Waals surface area contributed by atoms with Gasteiger partial charge in [-0.15, -0.1) is 0 Å². The van der Waals surface area contributed by atoms with E-state index in [0.29, 0.717) is 10.3 Å². The highest BCUT2D eigenvalue weighted by Crippen LogP contribution is 2.33. The molecule has 0 saturated heterocycles. The Morgan fingerprint density at radius 2 is 1.67 bits per heavy atom. The number of hydrogen-bond acceptors (Lipinski definition) is 5. The molecule has 0 atom stereocenters. The van der Waals surface area contributed by atoms with E-state index in [0.717, 1.165) is 11.3 Å². The van der Waals surface area contributed by atoms with Crippen LogP contribution in [0.4, 0.5) is 8.78 Å². The van der Waals surface area contributed by atoms with Crippen LogP contribution in [0.2, 0.25) is 0 Å². The highest BCUT2D eigenvalue weighted by Gasteiger charge is 2.15. The summed E-state index contributed by atoms with van der Waals surface area (Å²) in [6.45, 7) is 0. The molecule has 0 aliphatic rings. The van der Waals surface area contributed by atoms with E-state index in [-0.39, 0.29) is 22.8 Å². The van der Waals surface area contributed by atoms with Crippen LogP contribution >= 0.6 is 15.9 Å². The fraction of sp³-hybridized carbons (Fsp3) is 0.0370. The molecule has 2 heterocycles. The van der Waals surface area contributed by atoms with Gasteiger partial charge >= 0.3 is 0 Å². The smallest absolute Gasteiger partial charge is 0.213 e. The van der Waals surface area contributed by atoms with Crippen molar-refractivity contribution in [1.82, 2.24) is 19.5 Å². The molecule has 0 aliphatic carbocycles. The summed E-state index contributed by atoms with van der Waals surface area (Å²) in [7, 11) is 1.42. The fourth-order valence-corrected chi connectivity index (χ4v) is 3.65. The van der Waals surface area contributed by atoms with Gasteiger partial charge in [0.25, 0.3) is 0 Å². The van der Waals surface area contributed by atoms with Crippen molar-refractivity contribution in [3.63, 3.8) is 0 Å². The Morgan fingerprint density at radius 1 is 0.917 bits per heavy atom. The first-order valence-electron chi connectivity index (χ1n) is 10.7. The molecule has 0 radical (unpaired) electrons. The van der Waals surface area contributed by atoms with Crippen molar-refractivity contribution < 1.29 is 18.3 Å². The molecule has 5 aromatic rings. The molecule has 0 unspecified atom stereocenters. The van der Waals surface area contributed by atoms with Crippen molar-refractivity contribution >= 4 is 21.7 Å². The number of hydrogen-bond donors (Lipinski definition) is 0. The average molecular weight is 549 g/mol. The molecule has 0 aliphatic heterocycles. The third-order valence-electron chi connectivity index (χ3n) is 5.06. The molecule has 36 heavy (non-hydrogen) atoms. The predicted molar refractivity (Wildman–Crippen MR) is 135 cm³/mol. The van der Waals surface area contributed by atoms with Gasteiger partial charge in [-0.05, 0) is 57.9 Å². The minimum atomic E-state index is -0.480. The Kier molecular flexibility index (Phi) is 7.92. The number of aromatic nitrogens is 4. The molecule has 0 bridgehead atoms. The molecule has 3 aromatic carbocycles. The maximum absolute atomic E-state index is 14.0. The lowest BCUT2D eigenvalue weighted by Gasteiger charge is -2.11. The second-order valence-electron chi connectivity index (χ2n) is 7.39. The Labute approximate surface area is 214 Å². The number of halogens is 3. The highest BCUT2D eigenvalue weighted by atomic mass is 79.9. The summed E-state index contributed by atoms with van der Waals surface area (Å²) in [4.78, 5) is 24.3. The van der Waals surface area contributed by atoms with Crippen molar-refractivity contribution in [2.24, 2.45) is 0 Å². The maximum atomic E-state index is 14.0. The zero-order valence-corrected chi connectivity index (χ0v) is 20.6. The molecule has 6 nitrogen and oxygen atoms in total. The topological polar surface area (TPSA) is 69.9 Å². The molecule has 0 amide bonds. The number of imidazole rings is 1. The zero-order valence-electron chi connectivity index (χ0n) is 19.0. The van der Waals surface area contributed by atoms with E-state index >= 15 is 0 Å². The SMILES string of the molecule is Brc1ncccn1.COc1c(F)cccc1-c1cccc(-n2cnc(C(=O)c3cccc(F)c3)c2)c1. The summed E-state index contributed by atoms with van der Waals surface area (Å²) in [6, 6.07) is 19.3. The molecule has 0 N–H and O–H groups in total. The number of nitrogens with zero attached hydrogens (tertiary/aromatic N) is 4. The molecule has 2 aromatic heterocycles. The summed E-state index contributed by atoms with van der Waals surface area (Å²) >= 11 is 3.09. The van der Waals surface area contributed by atoms with E-state index in [1.54, 1.807) is 47.4 Å². The molecule has 0 spiro atoms. The van der Waals surface area contributed by atoms with Gasteiger partial charge in [0.2, 0.25) is 5.78 Å².